The van der Waals surface area contributed by atoms with Gasteiger partial charge in [0.1, 0.15) is 5.75 Å². The third kappa shape index (κ3) is 3.84. The Hall–Kier alpha value is -3.10. The number of benzene rings is 1. The number of aryl methyl sites for hydroxylation is 1. The predicted molar refractivity (Wildman–Crippen MR) is 117 cm³/mol. The van der Waals surface area contributed by atoms with E-state index in [-0.39, 0.29) is 6.10 Å². The molecular formula is C23H27N3O5. The van der Waals surface area contributed by atoms with Crippen molar-refractivity contribution in [2.45, 2.75) is 38.8 Å². The van der Waals surface area contributed by atoms with Crippen molar-refractivity contribution in [3.63, 3.8) is 0 Å². The summed E-state index contributed by atoms with van der Waals surface area (Å²) in [4.78, 5) is 28.6. The molecule has 0 radical (unpaired) electrons. The number of rotatable bonds is 5. The fraction of sp³-hybridized carbons (Fsp3) is 0.391. The highest BCUT2D eigenvalue weighted by Crippen LogP contribution is 2.32. The lowest BCUT2D eigenvalue weighted by atomic mass is 9.99. The SMILES string of the molecule is CCc1c(-c2ccc3c(c2)cc(CN2CCC(O)CC2)n3C)[nH]c(=O)c(C(=O)O)c1O. The molecule has 0 aliphatic carbocycles. The van der Waals surface area contributed by atoms with Crippen molar-refractivity contribution in [3.8, 4) is 17.0 Å². The van der Waals surface area contributed by atoms with Crippen LogP contribution in [0.3, 0.4) is 0 Å². The van der Waals surface area contributed by atoms with Gasteiger partial charge < -0.3 is 24.9 Å². The van der Waals surface area contributed by atoms with Crippen LogP contribution in [0.25, 0.3) is 22.2 Å². The molecule has 2 aromatic heterocycles. The predicted octanol–water partition coefficient (Wildman–Crippen LogP) is 2.46. The molecule has 164 valence electrons. The first-order chi connectivity index (χ1) is 14.8. The second-order valence-electron chi connectivity index (χ2n) is 8.17. The minimum absolute atomic E-state index is 0.204. The van der Waals surface area contributed by atoms with E-state index in [0.717, 1.165) is 49.1 Å². The van der Waals surface area contributed by atoms with Crippen molar-refractivity contribution in [2.75, 3.05) is 13.1 Å². The molecule has 1 saturated heterocycles. The molecule has 31 heavy (non-hydrogen) atoms. The van der Waals surface area contributed by atoms with Gasteiger partial charge in [-0.3, -0.25) is 9.69 Å². The van der Waals surface area contributed by atoms with Crippen LogP contribution in [0.15, 0.2) is 29.1 Å². The summed E-state index contributed by atoms with van der Waals surface area (Å²) in [7, 11) is 2.02. The van der Waals surface area contributed by atoms with Crippen molar-refractivity contribution < 1.29 is 20.1 Å². The number of fused-ring (bicyclic) bond motifs is 1. The average molecular weight is 425 g/mol. The molecule has 8 heteroatoms. The van der Waals surface area contributed by atoms with E-state index in [2.05, 4.69) is 20.5 Å². The standard InChI is InChI=1S/C23H27N3O5/c1-3-17-20(24-22(29)19(21(17)28)23(30)31)13-4-5-18-14(10-13)11-15(25(18)2)12-26-8-6-16(27)7-9-26/h4-5,10-11,16,27H,3,6-9,12H2,1-2H3,(H,30,31)(H2,24,28,29). The van der Waals surface area contributed by atoms with E-state index in [1.165, 1.54) is 0 Å². The normalized spacial score (nSPS) is 15.6. The number of H-pyrrole nitrogens is 1. The van der Waals surface area contributed by atoms with Crippen LogP contribution in [0.1, 0.15) is 41.4 Å². The quantitative estimate of drug-likeness (QED) is 0.499. The van der Waals surface area contributed by atoms with Gasteiger partial charge in [-0.2, -0.15) is 0 Å². The fourth-order valence-electron chi connectivity index (χ4n) is 4.44. The van der Waals surface area contributed by atoms with E-state index in [0.29, 0.717) is 23.2 Å². The number of carbonyl (C=O) groups is 1. The van der Waals surface area contributed by atoms with E-state index in [9.17, 15) is 24.9 Å². The summed E-state index contributed by atoms with van der Waals surface area (Å²) in [6, 6.07) is 7.89. The van der Waals surface area contributed by atoms with E-state index < -0.39 is 22.8 Å². The van der Waals surface area contributed by atoms with Crippen LogP contribution < -0.4 is 5.56 Å². The van der Waals surface area contributed by atoms with Crippen molar-refractivity contribution in [1.29, 1.82) is 0 Å². The summed E-state index contributed by atoms with van der Waals surface area (Å²) in [5.74, 6) is -1.93. The smallest absolute Gasteiger partial charge is 0.345 e. The molecule has 0 amide bonds. The number of hydrogen-bond donors (Lipinski definition) is 4. The first-order valence-electron chi connectivity index (χ1n) is 10.5. The molecule has 1 aromatic carbocycles. The second kappa shape index (κ2) is 8.20. The molecular weight excluding hydrogens is 398 g/mol. The molecule has 0 atom stereocenters. The molecule has 0 bridgehead atoms. The molecule has 4 rings (SSSR count). The summed E-state index contributed by atoms with van der Waals surface area (Å²) >= 11 is 0. The summed E-state index contributed by atoms with van der Waals surface area (Å²) in [6.45, 7) is 4.32. The van der Waals surface area contributed by atoms with Gasteiger partial charge in [0.25, 0.3) is 5.56 Å². The van der Waals surface area contributed by atoms with Crippen LogP contribution in [-0.4, -0.2) is 54.9 Å². The zero-order chi connectivity index (χ0) is 22.3. The zero-order valence-electron chi connectivity index (χ0n) is 17.7. The minimum Gasteiger partial charge on any atom is -0.506 e. The number of aliphatic hydroxyl groups is 1. The summed E-state index contributed by atoms with van der Waals surface area (Å²) in [5.41, 5.74) is 2.30. The molecule has 1 fully saturated rings. The Morgan fingerprint density at radius 3 is 2.58 bits per heavy atom. The number of aliphatic hydroxyl groups excluding tert-OH is 1. The monoisotopic (exact) mass is 425 g/mol. The Morgan fingerprint density at radius 1 is 1.23 bits per heavy atom. The van der Waals surface area contributed by atoms with E-state index >= 15 is 0 Å². The number of nitrogens with zero attached hydrogens (tertiary/aromatic N) is 2. The van der Waals surface area contributed by atoms with Gasteiger partial charge in [0, 0.05) is 48.8 Å². The van der Waals surface area contributed by atoms with Crippen molar-refractivity contribution in [1.82, 2.24) is 14.5 Å². The number of aromatic amines is 1. The topological polar surface area (TPSA) is 119 Å². The van der Waals surface area contributed by atoms with Crippen LogP contribution in [0, 0.1) is 0 Å². The van der Waals surface area contributed by atoms with Gasteiger partial charge in [0.15, 0.2) is 5.56 Å². The molecule has 1 aliphatic heterocycles. The molecule has 3 aromatic rings. The Balaban J connectivity index is 1.73. The van der Waals surface area contributed by atoms with Crippen LogP contribution >= 0.6 is 0 Å². The lowest BCUT2D eigenvalue weighted by Gasteiger charge is -2.29. The summed E-state index contributed by atoms with van der Waals surface area (Å²) in [6.07, 6.45) is 1.75. The van der Waals surface area contributed by atoms with Crippen LogP contribution in [0.2, 0.25) is 0 Å². The minimum atomic E-state index is -1.45. The number of piperidine rings is 1. The second-order valence-corrected chi connectivity index (χ2v) is 8.17. The highest BCUT2D eigenvalue weighted by molar-refractivity contribution is 5.92. The highest BCUT2D eigenvalue weighted by Gasteiger charge is 2.22. The number of pyridine rings is 1. The summed E-state index contributed by atoms with van der Waals surface area (Å²) < 4.78 is 2.14. The first kappa shape index (κ1) is 21.1. The maximum Gasteiger partial charge on any atom is 0.345 e. The third-order valence-corrected chi connectivity index (χ3v) is 6.23. The van der Waals surface area contributed by atoms with E-state index in [1.807, 2.05) is 25.2 Å². The largest absolute Gasteiger partial charge is 0.506 e. The van der Waals surface area contributed by atoms with Gasteiger partial charge in [-0.05, 0) is 43.0 Å². The van der Waals surface area contributed by atoms with E-state index in [1.54, 1.807) is 6.92 Å². The average Bonchev–Trinajstić information content (AvgIpc) is 3.03. The van der Waals surface area contributed by atoms with Gasteiger partial charge in [-0.15, -0.1) is 0 Å². The van der Waals surface area contributed by atoms with Gasteiger partial charge in [0.05, 0.1) is 11.8 Å². The van der Waals surface area contributed by atoms with E-state index in [4.69, 9.17) is 0 Å². The number of aromatic carboxylic acids is 1. The highest BCUT2D eigenvalue weighted by atomic mass is 16.4. The maximum absolute atomic E-state index is 12.3. The fourth-order valence-corrected chi connectivity index (χ4v) is 4.44. The van der Waals surface area contributed by atoms with Crippen molar-refractivity contribution in [2.24, 2.45) is 7.05 Å². The number of carboxylic acids is 1. The van der Waals surface area contributed by atoms with Gasteiger partial charge >= 0.3 is 5.97 Å². The molecule has 0 spiro atoms. The zero-order valence-corrected chi connectivity index (χ0v) is 17.7. The molecule has 0 saturated carbocycles. The Bertz CT molecular complexity index is 1200. The van der Waals surface area contributed by atoms with Crippen LogP contribution in [0.5, 0.6) is 5.75 Å². The molecule has 1 aliphatic rings. The van der Waals surface area contributed by atoms with Gasteiger partial charge in [0.2, 0.25) is 0 Å². The molecule has 3 heterocycles. The van der Waals surface area contributed by atoms with Crippen LogP contribution in [-0.2, 0) is 20.0 Å². The van der Waals surface area contributed by atoms with Crippen molar-refractivity contribution in [3.05, 3.63) is 51.4 Å². The third-order valence-electron chi connectivity index (χ3n) is 6.23. The Labute approximate surface area is 179 Å². The Kier molecular flexibility index (Phi) is 5.60. The Morgan fingerprint density at radius 2 is 1.94 bits per heavy atom. The summed E-state index contributed by atoms with van der Waals surface area (Å²) in [5, 5.41) is 30.4. The number of aromatic nitrogens is 2. The molecule has 8 nitrogen and oxygen atoms in total. The lowest BCUT2D eigenvalue weighted by Crippen LogP contribution is -2.35. The van der Waals surface area contributed by atoms with Gasteiger partial charge in [-0.25, -0.2) is 4.79 Å². The number of aromatic hydroxyl groups is 1. The van der Waals surface area contributed by atoms with Crippen molar-refractivity contribution >= 4 is 16.9 Å². The number of hydrogen-bond acceptors (Lipinski definition) is 5. The molecule has 0 unspecified atom stereocenters. The van der Waals surface area contributed by atoms with Crippen LogP contribution in [0.4, 0.5) is 0 Å². The number of carboxylic acid groups (broad SMARTS) is 1. The number of nitrogens with one attached hydrogen (secondary N) is 1. The van der Waals surface area contributed by atoms with Gasteiger partial charge in [-0.1, -0.05) is 13.0 Å². The number of likely N-dealkylation sites (tertiary alicyclic amines) is 1. The molecule has 4 N–H and O–H groups in total. The first-order valence-corrected chi connectivity index (χ1v) is 10.5. The lowest BCUT2D eigenvalue weighted by molar-refractivity contribution is 0.0691. The maximum atomic E-state index is 12.3.